The number of phenols is 3. The molecule has 6 N–H and O–H groups in total. The Bertz CT molecular complexity index is 778. The van der Waals surface area contributed by atoms with Crippen LogP contribution in [0.4, 0.5) is 0 Å². The molecule has 0 aliphatic heterocycles. The van der Waals surface area contributed by atoms with Crippen LogP contribution in [-0.2, 0) is 17.4 Å². The summed E-state index contributed by atoms with van der Waals surface area (Å²) in [5.41, 5.74) is 1.33. The molecule has 0 unspecified atom stereocenters. The van der Waals surface area contributed by atoms with Gasteiger partial charge < -0.3 is 15.3 Å². The molecule has 0 spiro atoms. The monoisotopic (exact) mass is 421 g/mol. The summed E-state index contributed by atoms with van der Waals surface area (Å²) < 4.78 is 0. The number of aromatic hydroxyl groups is 3. The Kier molecular flexibility index (Phi) is 12.1. The van der Waals surface area contributed by atoms with Gasteiger partial charge in [-0.2, -0.15) is 0 Å². The predicted octanol–water partition coefficient (Wildman–Crippen LogP) is 2.74. The first-order valence-corrected chi connectivity index (χ1v) is 7.79. The summed E-state index contributed by atoms with van der Waals surface area (Å²) in [4.78, 5) is 25.3. The molecular formula is C21H21CrO6+3. The Morgan fingerprint density at radius 2 is 0.679 bits per heavy atom. The van der Waals surface area contributed by atoms with E-state index in [2.05, 4.69) is 0 Å². The average Bonchev–Trinajstić information content (AvgIpc) is 2.70. The van der Waals surface area contributed by atoms with Crippen LogP contribution in [-0.4, -0.2) is 48.6 Å². The molecule has 0 aromatic heterocycles. The third kappa shape index (κ3) is 8.32. The molecule has 28 heavy (non-hydrogen) atoms. The number of carbonyl (C=O) groups excluding carboxylic acids is 3. The van der Waals surface area contributed by atoms with Crippen LogP contribution in [0, 0.1) is 0 Å². The maximum atomic E-state index is 8.92. The van der Waals surface area contributed by atoms with Gasteiger partial charge in [0.25, 0.3) is 0 Å². The van der Waals surface area contributed by atoms with Gasteiger partial charge in [0.05, 0.1) is 0 Å². The van der Waals surface area contributed by atoms with Crippen LogP contribution >= 0.6 is 0 Å². The molecule has 0 saturated heterocycles. The molecule has 0 fully saturated rings. The smallest absolute Gasteiger partial charge is 0.316 e. The van der Waals surface area contributed by atoms with Crippen molar-refractivity contribution in [3.8, 4) is 17.2 Å². The molecule has 0 heterocycles. The fourth-order valence-electron chi connectivity index (χ4n) is 1.79. The molecule has 0 radical (unpaired) electrons. The summed E-state index contributed by atoms with van der Waals surface area (Å²) in [7, 11) is 0. The second-order valence-electron chi connectivity index (χ2n) is 5.06. The molecule has 3 aromatic carbocycles. The van der Waals surface area contributed by atoms with Crippen molar-refractivity contribution in [2.24, 2.45) is 0 Å². The number of para-hydroxylation sites is 3. The van der Waals surface area contributed by atoms with Crippen molar-refractivity contribution in [2.45, 2.75) is 0 Å². The van der Waals surface area contributed by atoms with Gasteiger partial charge in [0, 0.05) is 17.4 Å². The Labute approximate surface area is 172 Å². The minimum absolute atomic E-state index is 0. The fourth-order valence-corrected chi connectivity index (χ4v) is 1.79. The van der Waals surface area contributed by atoms with E-state index < -0.39 is 0 Å². The second-order valence-corrected chi connectivity index (χ2v) is 5.06. The van der Waals surface area contributed by atoms with Crippen molar-refractivity contribution >= 4 is 18.9 Å². The zero-order valence-electron chi connectivity index (χ0n) is 14.8. The molecule has 6 nitrogen and oxygen atoms in total. The van der Waals surface area contributed by atoms with E-state index in [0.717, 1.165) is 18.9 Å². The van der Waals surface area contributed by atoms with Gasteiger partial charge in [-0.25, -0.2) is 0 Å². The van der Waals surface area contributed by atoms with E-state index >= 15 is 0 Å². The van der Waals surface area contributed by atoms with Gasteiger partial charge >= 0.3 is 18.9 Å². The Morgan fingerprint density at radius 1 is 0.464 bits per heavy atom. The van der Waals surface area contributed by atoms with Crippen LogP contribution in [0.5, 0.6) is 17.2 Å². The van der Waals surface area contributed by atoms with E-state index in [-0.39, 0.29) is 34.6 Å². The number of aldehydes is 3. The van der Waals surface area contributed by atoms with Gasteiger partial charge in [-0.3, -0.25) is 14.4 Å². The zero-order valence-corrected chi connectivity index (χ0v) is 16.0. The van der Waals surface area contributed by atoms with E-state index in [1.807, 2.05) is 0 Å². The normalized spacial score (nSPS) is 8.57. The van der Waals surface area contributed by atoms with Crippen LogP contribution < -0.4 is 0 Å². The SMILES string of the molecule is Oc1ccccc1C=[OH+].Oc1ccccc1C=[OH+].Oc1ccccc1C=[OH+].[Cr]. The van der Waals surface area contributed by atoms with Crippen molar-refractivity contribution in [2.75, 3.05) is 0 Å². The summed E-state index contributed by atoms with van der Waals surface area (Å²) in [6.45, 7) is 0. The summed E-state index contributed by atoms with van der Waals surface area (Å²) in [6, 6.07) is 19.7. The minimum atomic E-state index is 0. The van der Waals surface area contributed by atoms with Crippen LogP contribution in [0.25, 0.3) is 0 Å². The molecule has 3 aromatic rings. The largest absolute Gasteiger partial charge is 0.507 e. The maximum absolute atomic E-state index is 8.92. The molecule has 0 saturated carbocycles. The fraction of sp³-hybridized carbons (Fsp3) is 0. The van der Waals surface area contributed by atoms with E-state index in [1.165, 1.54) is 18.2 Å². The van der Waals surface area contributed by atoms with Gasteiger partial charge in [0.15, 0.2) is 0 Å². The Morgan fingerprint density at radius 3 is 0.821 bits per heavy atom. The van der Waals surface area contributed by atoms with Crippen molar-refractivity contribution in [3.63, 3.8) is 0 Å². The third-order valence-corrected chi connectivity index (χ3v) is 3.23. The minimum Gasteiger partial charge on any atom is -0.507 e. The van der Waals surface area contributed by atoms with Gasteiger partial charge in [0.2, 0.25) is 0 Å². The number of hydrogen-bond acceptors (Lipinski definition) is 3. The third-order valence-electron chi connectivity index (χ3n) is 3.23. The van der Waals surface area contributed by atoms with Gasteiger partial charge in [-0.05, 0) is 36.4 Å². The summed E-state index contributed by atoms with van der Waals surface area (Å²) in [5, 5.41) is 26.8. The van der Waals surface area contributed by atoms with Crippen molar-refractivity contribution in [3.05, 3.63) is 89.5 Å². The first-order valence-electron chi connectivity index (χ1n) is 7.79. The molecule has 3 rings (SSSR count). The molecular weight excluding hydrogens is 400 g/mol. The number of phenolic OH excluding ortho intramolecular Hbond substituents is 3. The molecule has 0 atom stereocenters. The van der Waals surface area contributed by atoms with E-state index in [1.54, 1.807) is 54.6 Å². The van der Waals surface area contributed by atoms with E-state index in [9.17, 15) is 0 Å². The van der Waals surface area contributed by atoms with Crippen LogP contribution in [0.1, 0.15) is 16.7 Å². The topological polar surface area (TPSA) is 125 Å². The van der Waals surface area contributed by atoms with Crippen molar-refractivity contribution in [1.29, 1.82) is 0 Å². The van der Waals surface area contributed by atoms with Crippen molar-refractivity contribution < 1.29 is 47.1 Å². The molecule has 144 valence electrons. The number of rotatable bonds is 3. The quantitative estimate of drug-likeness (QED) is 0.445. The zero-order chi connectivity index (χ0) is 20.1. The first kappa shape index (κ1) is 24.6. The van der Waals surface area contributed by atoms with E-state index in [4.69, 9.17) is 29.7 Å². The van der Waals surface area contributed by atoms with Gasteiger partial charge in [-0.1, -0.05) is 36.4 Å². The Hall–Kier alpha value is -3.40. The molecule has 0 amide bonds. The van der Waals surface area contributed by atoms with Gasteiger partial charge in [-0.15, -0.1) is 0 Å². The number of hydrogen-bond donors (Lipinski definition) is 3. The van der Waals surface area contributed by atoms with Crippen LogP contribution in [0.15, 0.2) is 72.8 Å². The molecule has 0 aliphatic rings. The van der Waals surface area contributed by atoms with E-state index in [0.29, 0.717) is 16.7 Å². The molecule has 7 heteroatoms. The summed E-state index contributed by atoms with van der Waals surface area (Å²) in [6.07, 6.45) is 2.61. The Balaban J connectivity index is 0.000000384. The average molecular weight is 421 g/mol. The first-order chi connectivity index (χ1) is 13.0. The predicted molar refractivity (Wildman–Crippen MR) is 106 cm³/mol. The second kappa shape index (κ2) is 13.8. The standard InChI is InChI=1S/3C7H6O2.Cr/c3*8-5-6-3-1-2-4-7(6)9;/h3*1-5,9H;/p+3. The van der Waals surface area contributed by atoms with Crippen LogP contribution in [0.2, 0.25) is 0 Å². The molecule has 0 aliphatic carbocycles. The van der Waals surface area contributed by atoms with Crippen LogP contribution in [0.3, 0.4) is 0 Å². The molecule has 0 bridgehead atoms. The summed E-state index contributed by atoms with van der Waals surface area (Å²) in [5.74, 6) is 0.292. The maximum Gasteiger partial charge on any atom is 0.316 e. The van der Waals surface area contributed by atoms with Gasteiger partial charge in [0.1, 0.15) is 33.9 Å². The van der Waals surface area contributed by atoms with Crippen molar-refractivity contribution in [1.82, 2.24) is 0 Å². The summed E-state index contributed by atoms with van der Waals surface area (Å²) >= 11 is 0. The number of benzene rings is 3.